The fourth-order valence-corrected chi connectivity index (χ4v) is 4.25. The first-order chi connectivity index (χ1) is 16.6. The highest BCUT2D eigenvalue weighted by atomic mass is 19.1. The van der Waals surface area contributed by atoms with Gasteiger partial charge in [-0.15, -0.1) is 5.10 Å². The van der Waals surface area contributed by atoms with E-state index in [0.29, 0.717) is 23.1 Å². The minimum atomic E-state index is -0.353. The van der Waals surface area contributed by atoms with Gasteiger partial charge in [0.1, 0.15) is 5.82 Å². The first-order valence-corrected chi connectivity index (χ1v) is 11.1. The summed E-state index contributed by atoms with van der Waals surface area (Å²) in [6.45, 7) is 4.10. The number of nitrogens with two attached hydrogens (primary N) is 1. The van der Waals surface area contributed by atoms with Crippen molar-refractivity contribution >= 4 is 28.6 Å². The molecule has 6 rings (SSSR count). The van der Waals surface area contributed by atoms with Crippen LogP contribution in [0.2, 0.25) is 0 Å². The molecule has 0 unspecified atom stereocenters. The Morgan fingerprint density at radius 3 is 2.62 bits per heavy atom. The van der Waals surface area contributed by atoms with E-state index in [1.54, 1.807) is 12.1 Å². The van der Waals surface area contributed by atoms with Gasteiger partial charge in [0, 0.05) is 49.9 Å². The van der Waals surface area contributed by atoms with E-state index in [1.165, 1.54) is 22.2 Å². The maximum Gasteiger partial charge on any atom is 0.259 e. The Balaban J connectivity index is 1.17. The van der Waals surface area contributed by atoms with Gasteiger partial charge >= 0.3 is 0 Å². The second-order valence-corrected chi connectivity index (χ2v) is 8.34. The summed E-state index contributed by atoms with van der Waals surface area (Å²) in [6.07, 6.45) is 1.95. The maximum absolute atomic E-state index is 13.6. The lowest BCUT2D eigenvalue weighted by molar-refractivity contribution is 0.248. The number of para-hydroxylation sites is 1. The number of nitrogen functional groups attached to an aromatic ring is 1. The van der Waals surface area contributed by atoms with Crippen molar-refractivity contribution in [1.82, 2.24) is 34.4 Å². The molecule has 0 amide bonds. The van der Waals surface area contributed by atoms with E-state index in [2.05, 4.69) is 47.0 Å². The average Bonchev–Trinajstić information content (AvgIpc) is 3.30. The number of benzene rings is 2. The number of halogens is 1. The molecular weight excluding hydrogens is 433 g/mol. The van der Waals surface area contributed by atoms with Crippen molar-refractivity contribution < 1.29 is 4.39 Å². The van der Waals surface area contributed by atoms with Crippen LogP contribution in [0, 0.1) is 5.82 Å². The molecule has 0 spiro atoms. The summed E-state index contributed by atoms with van der Waals surface area (Å²) >= 11 is 0. The van der Waals surface area contributed by atoms with Gasteiger partial charge in [-0.25, -0.2) is 4.39 Å². The molecule has 34 heavy (non-hydrogen) atoms. The second kappa shape index (κ2) is 8.31. The molecular formula is C24H22FN9. The Morgan fingerprint density at radius 2 is 1.76 bits per heavy atom. The van der Waals surface area contributed by atoms with Crippen molar-refractivity contribution in [2.75, 3.05) is 36.8 Å². The van der Waals surface area contributed by atoms with Crippen molar-refractivity contribution in [3.8, 4) is 11.4 Å². The molecule has 0 atom stereocenters. The lowest BCUT2D eigenvalue weighted by Crippen LogP contribution is -2.46. The van der Waals surface area contributed by atoms with E-state index in [4.69, 9.17) is 5.73 Å². The fourth-order valence-electron chi connectivity index (χ4n) is 4.25. The van der Waals surface area contributed by atoms with Crippen LogP contribution < -0.4 is 10.6 Å². The van der Waals surface area contributed by atoms with Crippen LogP contribution in [0.5, 0.6) is 0 Å². The summed E-state index contributed by atoms with van der Waals surface area (Å²) in [6, 6.07) is 16.5. The molecule has 1 aliphatic heterocycles. The van der Waals surface area contributed by atoms with Crippen LogP contribution in [-0.2, 0) is 6.54 Å². The van der Waals surface area contributed by atoms with Gasteiger partial charge < -0.3 is 10.6 Å². The lowest BCUT2D eigenvalue weighted by atomic mass is 10.1. The predicted octanol–water partition coefficient (Wildman–Crippen LogP) is 2.78. The SMILES string of the molecule is Nc1nc(N2CCN(Cc3cnc4ccccc4c3)CC2)nc2nc(-c3cccc(F)c3)nn12. The van der Waals surface area contributed by atoms with Crippen molar-refractivity contribution in [3.63, 3.8) is 0 Å². The molecule has 9 nitrogen and oxygen atoms in total. The van der Waals surface area contributed by atoms with Crippen molar-refractivity contribution in [2.24, 2.45) is 0 Å². The van der Waals surface area contributed by atoms with Gasteiger partial charge in [0.2, 0.25) is 11.9 Å². The van der Waals surface area contributed by atoms with Gasteiger partial charge in [-0.2, -0.15) is 19.5 Å². The first-order valence-electron chi connectivity index (χ1n) is 11.1. The Hall–Kier alpha value is -4.18. The third-order valence-electron chi connectivity index (χ3n) is 6.01. The molecule has 1 saturated heterocycles. The zero-order valence-corrected chi connectivity index (χ0v) is 18.3. The van der Waals surface area contributed by atoms with Crippen LogP contribution in [0.1, 0.15) is 5.56 Å². The molecule has 170 valence electrons. The first kappa shape index (κ1) is 20.4. The molecule has 2 N–H and O–H groups in total. The minimum absolute atomic E-state index is 0.194. The van der Waals surface area contributed by atoms with Crippen LogP contribution in [0.15, 0.2) is 60.8 Å². The second-order valence-electron chi connectivity index (χ2n) is 8.34. The number of rotatable bonds is 4. The van der Waals surface area contributed by atoms with Crippen LogP contribution >= 0.6 is 0 Å². The fraction of sp³-hybridized carbons (Fsp3) is 0.208. The minimum Gasteiger partial charge on any atom is -0.368 e. The van der Waals surface area contributed by atoms with Gasteiger partial charge in [-0.05, 0) is 29.8 Å². The highest BCUT2D eigenvalue weighted by molar-refractivity contribution is 5.78. The average molecular weight is 456 g/mol. The number of fused-ring (bicyclic) bond motifs is 2. The summed E-state index contributed by atoms with van der Waals surface area (Å²) in [4.78, 5) is 22.5. The van der Waals surface area contributed by atoms with E-state index in [-0.39, 0.29) is 11.8 Å². The quantitative estimate of drug-likeness (QED) is 0.442. The van der Waals surface area contributed by atoms with E-state index in [1.807, 2.05) is 24.4 Å². The van der Waals surface area contributed by atoms with Gasteiger partial charge in [0.05, 0.1) is 5.52 Å². The third kappa shape index (κ3) is 3.88. The number of hydrogen-bond donors (Lipinski definition) is 1. The summed E-state index contributed by atoms with van der Waals surface area (Å²) in [7, 11) is 0. The molecule has 1 aliphatic rings. The number of hydrogen-bond acceptors (Lipinski definition) is 8. The molecule has 5 aromatic rings. The molecule has 0 bridgehead atoms. The Labute approximate surface area is 194 Å². The Bertz CT molecular complexity index is 1490. The molecule has 0 saturated carbocycles. The topological polar surface area (TPSA) is 101 Å². The maximum atomic E-state index is 13.6. The predicted molar refractivity (Wildman–Crippen MR) is 128 cm³/mol. The number of nitrogens with zero attached hydrogens (tertiary/aromatic N) is 8. The Kier molecular flexibility index (Phi) is 4.99. The van der Waals surface area contributed by atoms with Crippen LogP contribution in [-0.4, -0.2) is 60.6 Å². The number of anilines is 2. The van der Waals surface area contributed by atoms with Gasteiger partial charge in [0.15, 0.2) is 5.82 Å². The molecule has 1 fully saturated rings. The third-order valence-corrected chi connectivity index (χ3v) is 6.01. The van der Waals surface area contributed by atoms with Crippen LogP contribution in [0.25, 0.3) is 28.1 Å². The van der Waals surface area contributed by atoms with Gasteiger partial charge in [-0.1, -0.05) is 30.3 Å². The summed E-state index contributed by atoms with van der Waals surface area (Å²) in [5, 5.41) is 5.50. The molecule has 0 radical (unpaired) electrons. The number of piperazine rings is 1. The Morgan fingerprint density at radius 1 is 0.912 bits per heavy atom. The highest BCUT2D eigenvalue weighted by Crippen LogP contribution is 2.21. The van der Waals surface area contributed by atoms with E-state index in [0.717, 1.165) is 43.6 Å². The zero-order valence-electron chi connectivity index (χ0n) is 18.3. The van der Waals surface area contributed by atoms with E-state index in [9.17, 15) is 4.39 Å². The van der Waals surface area contributed by atoms with Crippen molar-refractivity contribution in [3.05, 3.63) is 72.2 Å². The molecule has 10 heteroatoms. The van der Waals surface area contributed by atoms with E-state index < -0.39 is 0 Å². The monoisotopic (exact) mass is 455 g/mol. The van der Waals surface area contributed by atoms with Crippen LogP contribution in [0.4, 0.5) is 16.3 Å². The number of pyridine rings is 1. The zero-order chi connectivity index (χ0) is 23.1. The van der Waals surface area contributed by atoms with E-state index >= 15 is 0 Å². The smallest absolute Gasteiger partial charge is 0.259 e. The van der Waals surface area contributed by atoms with Gasteiger partial charge in [0.25, 0.3) is 5.78 Å². The molecule has 4 heterocycles. The summed E-state index contributed by atoms with van der Waals surface area (Å²) in [5.41, 5.74) is 8.92. The molecule has 2 aromatic carbocycles. The summed E-state index contributed by atoms with van der Waals surface area (Å²) < 4.78 is 15.0. The van der Waals surface area contributed by atoms with Crippen LogP contribution in [0.3, 0.4) is 0 Å². The molecule has 0 aliphatic carbocycles. The largest absolute Gasteiger partial charge is 0.368 e. The molecule has 3 aromatic heterocycles. The number of aromatic nitrogens is 6. The lowest BCUT2D eigenvalue weighted by Gasteiger charge is -2.34. The summed E-state index contributed by atoms with van der Waals surface area (Å²) in [5.74, 6) is 1.06. The van der Waals surface area contributed by atoms with Crippen molar-refractivity contribution in [1.29, 1.82) is 0 Å². The standard InChI is InChI=1S/C24H22FN9/c25-19-6-3-5-18(13-19)21-28-24-30-23(29-22(26)34(24)31-21)33-10-8-32(9-11-33)15-16-12-17-4-1-2-7-20(17)27-14-16/h1-7,12-14H,8-11,15H2,(H2,26,28,29,30,31). The van der Waals surface area contributed by atoms with Gasteiger partial charge in [-0.3, -0.25) is 9.88 Å². The van der Waals surface area contributed by atoms with Crippen molar-refractivity contribution in [2.45, 2.75) is 6.54 Å². The highest BCUT2D eigenvalue weighted by Gasteiger charge is 2.21. The normalized spacial score (nSPS) is 14.8.